The van der Waals surface area contributed by atoms with Crippen LogP contribution in [0.5, 0.6) is 11.6 Å². The monoisotopic (exact) mass is 884 g/mol. The van der Waals surface area contributed by atoms with Crippen LogP contribution in [0.3, 0.4) is 0 Å². The summed E-state index contributed by atoms with van der Waals surface area (Å²) in [6.07, 6.45) is 7.39. The average Bonchev–Trinajstić information content (AvgIpc) is 3.65. The molecule has 0 aliphatic heterocycles. The van der Waals surface area contributed by atoms with Crippen molar-refractivity contribution in [3.63, 3.8) is 0 Å². The number of fused-ring (bicyclic) bond motifs is 6. The maximum Gasteiger partial charge on any atom is 2.00 e. The molecule has 0 radical (unpaired) electrons. The summed E-state index contributed by atoms with van der Waals surface area (Å²) in [6, 6.07) is 43.1. The van der Waals surface area contributed by atoms with E-state index in [2.05, 4.69) is 149 Å². The molecule has 5 heterocycles. The third-order valence-corrected chi connectivity index (χ3v) is 10.4. The Morgan fingerprint density at radius 2 is 1.31 bits per heavy atom. The summed E-state index contributed by atoms with van der Waals surface area (Å²) >= 11 is 0. The molecule has 0 saturated carbocycles. The van der Waals surface area contributed by atoms with Crippen molar-refractivity contribution in [3.8, 4) is 28.7 Å². The molecule has 6 nitrogen and oxygen atoms in total. The number of ether oxygens (including phenoxy) is 1. The Morgan fingerprint density at radius 1 is 0.648 bits per heavy atom. The van der Waals surface area contributed by atoms with E-state index >= 15 is 0 Å². The summed E-state index contributed by atoms with van der Waals surface area (Å²) in [5, 5.41) is 2.04. The van der Waals surface area contributed by atoms with Crippen LogP contribution in [0.15, 0.2) is 128 Å². The van der Waals surface area contributed by atoms with Gasteiger partial charge in [0, 0.05) is 23.3 Å². The van der Waals surface area contributed by atoms with E-state index in [0.717, 1.165) is 61.3 Å². The van der Waals surface area contributed by atoms with Gasteiger partial charge in [0.2, 0.25) is 0 Å². The standard InChI is InChI=1S/C47H39N5O.Pt/c1-45(2,3)32-21-23-48-40(25-32)52-38-20-14-13-19-34(38)36-29-50-41(27-39(36)52)53-33-26-35-43-42(37(22-24-49-43)46(4,5)6)47(44(35)51-28-33,30-15-9-7-10-16-30)31-17-11-8-12-18-31;/h7-25,28-29H,1-6H3;/q-2;+2. The number of nitrogens with zero attached hydrogens (tertiary/aromatic N) is 5. The molecular formula is C47H39N5OPt. The van der Waals surface area contributed by atoms with Gasteiger partial charge in [-0.05, 0) is 86.7 Å². The van der Waals surface area contributed by atoms with Crippen LogP contribution in [0.2, 0.25) is 0 Å². The van der Waals surface area contributed by atoms with Gasteiger partial charge in [0.15, 0.2) is 0 Å². The van der Waals surface area contributed by atoms with Gasteiger partial charge in [0.25, 0.3) is 0 Å². The van der Waals surface area contributed by atoms with Crippen LogP contribution in [-0.2, 0) is 37.3 Å². The largest absolute Gasteiger partial charge is 2.00 e. The first kappa shape index (κ1) is 35.6. The fourth-order valence-electron chi connectivity index (χ4n) is 7.97. The summed E-state index contributed by atoms with van der Waals surface area (Å²) in [5.41, 5.74) is 9.26. The van der Waals surface area contributed by atoms with Crippen molar-refractivity contribution in [2.45, 2.75) is 57.8 Å². The number of para-hydroxylation sites is 1. The minimum atomic E-state index is -0.710. The molecule has 0 unspecified atom stereocenters. The van der Waals surface area contributed by atoms with Crippen LogP contribution >= 0.6 is 0 Å². The van der Waals surface area contributed by atoms with Crippen molar-refractivity contribution in [3.05, 3.63) is 174 Å². The van der Waals surface area contributed by atoms with Gasteiger partial charge in [0.1, 0.15) is 11.7 Å². The van der Waals surface area contributed by atoms with Crippen LogP contribution in [0, 0.1) is 12.1 Å². The van der Waals surface area contributed by atoms with E-state index in [4.69, 9.17) is 24.7 Å². The number of pyridine rings is 4. The Labute approximate surface area is 330 Å². The molecule has 54 heavy (non-hydrogen) atoms. The minimum Gasteiger partial charge on any atom is -0.476 e. The molecular weight excluding hydrogens is 846 g/mol. The van der Waals surface area contributed by atoms with Gasteiger partial charge >= 0.3 is 21.1 Å². The first-order valence-electron chi connectivity index (χ1n) is 18.1. The topological polar surface area (TPSA) is 65.7 Å². The molecule has 0 amide bonds. The van der Waals surface area contributed by atoms with Crippen molar-refractivity contribution < 1.29 is 25.8 Å². The van der Waals surface area contributed by atoms with Crippen molar-refractivity contribution in [1.29, 1.82) is 0 Å². The van der Waals surface area contributed by atoms with Crippen LogP contribution in [0.25, 0.3) is 38.9 Å². The zero-order valence-corrected chi connectivity index (χ0v) is 33.4. The second kappa shape index (κ2) is 13.1. The molecule has 0 N–H and O–H groups in total. The Bertz CT molecular complexity index is 2630. The van der Waals surface area contributed by atoms with Gasteiger partial charge < -0.3 is 19.3 Å². The van der Waals surface area contributed by atoms with Gasteiger partial charge in [-0.25, -0.2) is 4.98 Å². The van der Waals surface area contributed by atoms with Crippen LogP contribution in [0.1, 0.15) is 75.1 Å². The predicted molar refractivity (Wildman–Crippen MR) is 211 cm³/mol. The van der Waals surface area contributed by atoms with Crippen molar-refractivity contribution in [1.82, 2.24) is 24.5 Å². The SMILES string of the molecule is CC(C)(C)c1ccnc(-n2c3[c-]c(Oc4[c-]c5c(nc4)C(c4ccccc4)(c4ccccc4)c4c(C(C)(C)C)ccnc4-5)ncc3c3ccccc32)c1.[Pt+2]. The first-order chi connectivity index (χ1) is 25.5. The molecule has 1 aliphatic carbocycles. The van der Waals surface area contributed by atoms with Crippen LogP contribution in [-0.4, -0.2) is 24.5 Å². The summed E-state index contributed by atoms with van der Waals surface area (Å²) in [5.74, 6) is 1.57. The molecule has 7 heteroatoms. The zero-order chi connectivity index (χ0) is 36.5. The van der Waals surface area contributed by atoms with E-state index in [-0.39, 0.29) is 31.9 Å². The Kier molecular flexibility index (Phi) is 8.66. The van der Waals surface area contributed by atoms with E-state index in [0.29, 0.717) is 11.6 Å². The van der Waals surface area contributed by atoms with Gasteiger partial charge in [0.05, 0.1) is 5.75 Å². The molecule has 9 rings (SSSR count). The quantitative estimate of drug-likeness (QED) is 0.161. The predicted octanol–water partition coefficient (Wildman–Crippen LogP) is 10.7. The normalized spacial score (nSPS) is 13.4. The molecule has 0 spiro atoms. The Morgan fingerprint density at radius 3 is 2.00 bits per heavy atom. The summed E-state index contributed by atoms with van der Waals surface area (Å²) in [7, 11) is 0. The molecule has 268 valence electrons. The number of rotatable bonds is 5. The average molecular weight is 885 g/mol. The molecule has 0 fully saturated rings. The van der Waals surface area contributed by atoms with Crippen molar-refractivity contribution in [2.24, 2.45) is 0 Å². The van der Waals surface area contributed by atoms with Crippen LogP contribution < -0.4 is 4.74 Å². The third kappa shape index (κ3) is 5.58. The zero-order valence-electron chi connectivity index (χ0n) is 31.1. The molecule has 5 aromatic heterocycles. The molecule has 0 saturated heterocycles. The van der Waals surface area contributed by atoms with E-state index in [1.807, 2.05) is 30.7 Å². The van der Waals surface area contributed by atoms with Gasteiger partial charge in [-0.1, -0.05) is 137 Å². The fourth-order valence-corrected chi connectivity index (χ4v) is 7.97. The van der Waals surface area contributed by atoms with E-state index in [1.54, 1.807) is 6.20 Å². The van der Waals surface area contributed by atoms with Gasteiger partial charge in [-0.15, -0.1) is 10.9 Å². The molecule has 1 aliphatic rings. The second-order valence-electron chi connectivity index (χ2n) is 15.8. The second-order valence-corrected chi connectivity index (χ2v) is 15.8. The minimum absolute atomic E-state index is 0. The molecule has 0 atom stereocenters. The summed E-state index contributed by atoms with van der Waals surface area (Å²) in [6.45, 7) is 13.4. The number of aromatic nitrogens is 5. The number of hydrogen-bond donors (Lipinski definition) is 0. The van der Waals surface area contributed by atoms with Gasteiger partial charge in [-0.3, -0.25) is 4.98 Å². The smallest absolute Gasteiger partial charge is 0.476 e. The third-order valence-electron chi connectivity index (χ3n) is 10.4. The molecule has 3 aromatic carbocycles. The number of benzene rings is 3. The van der Waals surface area contributed by atoms with E-state index in [9.17, 15) is 0 Å². The molecule has 8 aromatic rings. The number of hydrogen-bond acceptors (Lipinski definition) is 5. The van der Waals surface area contributed by atoms with E-state index < -0.39 is 5.41 Å². The summed E-state index contributed by atoms with van der Waals surface area (Å²) < 4.78 is 8.66. The van der Waals surface area contributed by atoms with Crippen molar-refractivity contribution >= 4 is 21.8 Å². The van der Waals surface area contributed by atoms with E-state index in [1.165, 1.54) is 11.1 Å². The fraction of sp³-hybridized carbons (Fsp3) is 0.191. The Balaban J connectivity index is 0.00000413. The van der Waals surface area contributed by atoms with Gasteiger partial charge in [-0.2, -0.15) is 6.07 Å². The Hall–Kier alpha value is -5.45. The molecule has 0 bridgehead atoms. The first-order valence-corrected chi connectivity index (χ1v) is 18.1. The maximum atomic E-state index is 6.52. The van der Waals surface area contributed by atoms with Crippen molar-refractivity contribution in [2.75, 3.05) is 0 Å². The van der Waals surface area contributed by atoms with Crippen LogP contribution in [0.4, 0.5) is 0 Å². The maximum absolute atomic E-state index is 6.52. The summed E-state index contributed by atoms with van der Waals surface area (Å²) in [4.78, 5) is 19.9.